The molecule has 0 aromatic heterocycles. The van der Waals surface area contributed by atoms with Crippen LogP contribution in [-0.4, -0.2) is 57.8 Å². The van der Waals surface area contributed by atoms with Gasteiger partial charge in [-0.1, -0.05) is 12.1 Å². The van der Waals surface area contributed by atoms with Gasteiger partial charge in [0, 0.05) is 19.3 Å². The number of carbonyl (C=O) groups is 1. The molecule has 0 radical (unpaired) electrons. The average Bonchev–Trinajstić information content (AvgIpc) is 2.37. The molecule has 0 saturated carbocycles. The van der Waals surface area contributed by atoms with Crippen LogP contribution >= 0.6 is 0 Å². The maximum absolute atomic E-state index is 12.1. The number of hydrogen-bond donors (Lipinski definition) is 1. The Balaban J connectivity index is 2.03. The van der Waals surface area contributed by atoms with Crippen LogP contribution in [0.5, 0.6) is 0 Å². The Bertz CT molecular complexity index is 615. The van der Waals surface area contributed by atoms with Crippen molar-refractivity contribution in [1.82, 2.24) is 4.90 Å². The van der Waals surface area contributed by atoms with Gasteiger partial charge in [0.05, 0.1) is 29.8 Å². The zero-order valence-corrected chi connectivity index (χ0v) is 13.0. The van der Waals surface area contributed by atoms with E-state index in [1.54, 1.807) is 18.2 Å². The fourth-order valence-corrected chi connectivity index (χ4v) is 3.16. The van der Waals surface area contributed by atoms with Crippen molar-refractivity contribution in [3.8, 4) is 0 Å². The van der Waals surface area contributed by atoms with Crippen LogP contribution in [0.15, 0.2) is 29.2 Å². The summed E-state index contributed by atoms with van der Waals surface area (Å²) in [5.74, 6) is -0.222. The zero-order valence-electron chi connectivity index (χ0n) is 12.2. The SMILES string of the molecule is CC1CN(CC(=O)Nc2ccccc2S(C)(=O)=O)CCO1. The standard InChI is InChI=1S/C14H20N2O4S/c1-11-9-16(7-8-20-11)10-14(17)15-12-5-3-4-6-13(12)21(2,18)19/h3-6,11H,7-10H2,1-2H3,(H,15,17). The van der Waals surface area contributed by atoms with E-state index in [0.717, 1.165) is 6.26 Å². The highest BCUT2D eigenvalue weighted by Gasteiger charge is 2.20. The normalized spacial score (nSPS) is 20.2. The Morgan fingerprint density at radius 3 is 2.81 bits per heavy atom. The molecule has 21 heavy (non-hydrogen) atoms. The van der Waals surface area contributed by atoms with Crippen LogP contribution in [0, 0.1) is 0 Å². The number of sulfone groups is 1. The van der Waals surface area contributed by atoms with Crippen molar-refractivity contribution in [2.45, 2.75) is 17.9 Å². The molecule has 1 fully saturated rings. The van der Waals surface area contributed by atoms with Crippen LogP contribution in [0.3, 0.4) is 0 Å². The van der Waals surface area contributed by atoms with Crippen molar-refractivity contribution >= 4 is 21.4 Å². The number of rotatable bonds is 4. The highest BCUT2D eigenvalue weighted by atomic mass is 32.2. The maximum Gasteiger partial charge on any atom is 0.238 e. The molecule has 0 aliphatic carbocycles. The van der Waals surface area contributed by atoms with Gasteiger partial charge in [-0.3, -0.25) is 9.69 Å². The number of amides is 1. The second-order valence-electron chi connectivity index (χ2n) is 5.23. The molecule has 7 heteroatoms. The van der Waals surface area contributed by atoms with Crippen molar-refractivity contribution in [2.75, 3.05) is 37.8 Å². The minimum Gasteiger partial charge on any atom is -0.376 e. The van der Waals surface area contributed by atoms with Crippen molar-refractivity contribution in [1.29, 1.82) is 0 Å². The van der Waals surface area contributed by atoms with Gasteiger partial charge >= 0.3 is 0 Å². The number of ether oxygens (including phenoxy) is 1. The third kappa shape index (κ3) is 4.52. The topological polar surface area (TPSA) is 75.7 Å². The molecule has 1 aromatic carbocycles. The summed E-state index contributed by atoms with van der Waals surface area (Å²) in [6, 6.07) is 6.41. The Labute approximate surface area is 125 Å². The van der Waals surface area contributed by atoms with Gasteiger partial charge in [-0.05, 0) is 19.1 Å². The molecule has 1 amide bonds. The Kier molecular flexibility index (Phi) is 4.97. The maximum atomic E-state index is 12.1. The van der Waals surface area contributed by atoms with E-state index in [4.69, 9.17) is 4.74 Å². The minimum atomic E-state index is -3.37. The molecular formula is C14H20N2O4S. The molecule has 116 valence electrons. The van der Waals surface area contributed by atoms with E-state index >= 15 is 0 Å². The van der Waals surface area contributed by atoms with E-state index in [2.05, 4.69) is 5.32 Å². The lowest BCUT2D eigenvalue weighted by atomic mass is 10.3. The van der Waals surface area contributed by atoms with Gasteiger partial charge in [-0.2, -0.15) is 0 Å². The molecule has 1 aliphatic rings. The summed E-state index contributed by atoms with van der Waals surface area (Å²) >= 11 is 0. The lowest BCUT2D eigenvalue weighted by Crippen LogP contribution is -2.44. The van der Waals surface area contributed by atoms with Crippen LogP contribution in [0.4, 0.5) is 5.69 Å². The predicted molar refractivity (Wildman–Crippen MR) is 80.0 cm³/mol. The van der Waals surface area contributed by atoms with E-state index in [1.807, 2.05) is 11.8 Å². The molecular weight excluding hydrogens is 292 g/mol. The molecule has 1 aromatic rings. The molecule has 1 aliphatic heterocycles. The molecule has 0 spiro atoms. The first-order chi connectivity index (χ1) is 9.86. The van der Waals surface area contributed by atoms with Crippen LogP contribution in [0.1, 0.15) is 6.92 Å². The molecule has 6 nitrogen and oxygen atoms in total. The summed E-state index contributed by atoms with van der Waals surface area (Å²) in [5, 5.41) is 2.68. The summed E-state index contributed by atoms with van der Waals surface area (Å²) in [6.45, 7) is 4.19. The van der Waals surface area contributed by atoms with E-state index in [0.29, 0.717) is 25.4 Å². The molecule has 1 atom stereocenters. The summed E-state index contributed by atoms with van der Waals surface area (Å²) in [5.41, 5.74) is 0.325. The third-order valence-electron chi connectivity index (χ3n) is 3.25. The van der Waals surface area contributed by atoms with E-state index in [9.17, 15) is 13.2 Å². The third-order valence-corrected chi connectivity index (χ3v) is 4.41. The lowest BCUT2D eigenvalue weighted by Gasteiger charge is -2.30. The molecule has 0 bridgehead atoms. The van der Waals surface area contributed by atoms with Crippen molar-refractivity contribution < 1.29 is 17.9 Å². The number of hydrogen-bond acceptors (Lipinski definition) is 5. The second-order valence-corrected chi connectivity index (χ2v) is 7.22. The molecule has 1 saturated heterocycles. The first-order valence-corrected chi connectivity index (χ1v) is 8.68. The van der Waals surface area contributed by atoms with Gasteiger partial charge in [0.15, 0.2) is 9.84 Å². The Morgan fingerprint density at radius 2 is 2.14 bits per heavy atom. The predicted octanol–water partition coefficient (Wildman–Crippen LogP) is 0.749. The highest BCUT2D eigenvalue weighted by Crippen LogP contribution is 2.20. The number of nitrogens with one attached hydrogen (secondary N) is 1. The van der Waals surface area contributed by atoms with E-state index in [-0.39, 0.29) is 23.5 Å². The largest absolute Gasteiger partial charge is 0.376 e. The number of benzene rings is 1. The van der Waals surface area contributed by atoms with Gasteiger partial charge < -0.3 is 10.1 Å². The molecule has 1 N–H and O–H groups in total. The lowest BCUT2D eigenvalue weighted by molar-refractivity contribution is -0.119. The summed E-state index contributed by atoms with van der Waals surface area (Å²) in [4.78, 5) is 14.2. The minimum absolute atomic E-state index is 0.106. The van der Waals surface area contributed by atoms with Crippen LogP contribution in [-0.2, 0) is 19.4 Å². The van der Waals surface area contributed by atoms with Crippen LogP contribution in [0.25, 0.3) is 0 Å². The number of nitrogens with zero attached hydrogens (tertiary/aromatic N) is 1. The summed E-state index contributed by atoms with van der Waals surface area (Å²) < 4.78 is 28.8. The van der Waals surface area contributed by atoms with Crippen molar-refractivity contribution in [3.05, 3.63) is 24.3 Å². The zero-order chi connectivity index (χ0) is 15.5. The monoisotopic (exact) mass is 312 g/mol. The van der Waals surface area contributed by atoms with Gasteiger partial charge in [-0.15, -0.1) is 0 Å². The van der Waals surface area contributed by atoms with Crippen molar-refractivity contribution in [3.63, 3.8) is 0 Å². The van der Waals surface area contributed by atoms with Crippen LogP contribution < -0.4 is 5.32 Å². The van der Waals surface area contributed by atoms with Gasteiger partial charge in [0.25, 0.3) is 0 Å². The number of anilines is 1. The Hall–Kier alpha value is -1.44. The van der Waals surface area contributed by atoms with Crippen LogP contribution in [0.2, 0.25) is 0 Å². The van der Waals surface area contributed by atoms with E-state index < -0.39 is 9.84 Å². The first-order valence-electron chi connectivity index (χ1n) is 6.79. The Morgan fingerprint density at radius 1 is 1.43 bits per heavy atom. The number of carbonyl (C=O) groups excluding carboxylic acids is 1. The van der Waals surface area contributed by atoms with Crippen molar-refractivity contribution in [2.24, 2.45) is 0 Å². The summed E-state index contributed by atoms with van der Waals surface area (Å²) in [6.07, 6.45) is 1.23. The quantitative estimate of drug-likeness (QED) is 0.888. The fraction of sp³-hybridized carbons (Fsp3) is 0.500. The van der Waals surface area contributed by atoms with E-state index in [1.165, 1.54) is 6.07 Å². The smallest absolute Gasteiger partial charge is 0.238 e. The average molecular weight is 312 g/mol. The summed E-state index contributed by atoms with van der Waals surface area (Å²) in [7, 11) is -3.37. The molecule has 1 unspecified atom stereocenters. The fourth-order valence-electron chi connectivity index (χ4n) is 2.32. The first kappa shape index (κ1) is 15.9. The van der Waals surface area contributed by atoms with Gasteiger partial charge in [-0.25, -0.2) is 8.42 Å². The number of para-hydroxylation sites is 1. The molecule has 1 heterocycles. The second kappa shape index (κ2) is 6.55. The van der Waals surface area contributed by atoms with Gasteiger partial charge in [0.1, 0.15) is 0 Å². The molecule has 2 rings (SSSR count). The highest BCUT2D eigenvalue weighted by molar-refractivity contribution is 7.90. The van der Waals surface area contributed by atoms with Gasteiger partial charge in [0.2, 0.25) is 5.91 Å². The number of morpholine rings is 1.